The summed E-state index contributed by atoms with van der Waals surface area (Å²) in [7, 11) is 1.20. The Morgan fingerprint density at radius 3 is 2.76 bits per heavy atom. The number of carbonyl (C=O) groups is 1. The minimum absolute atomic E-state index is 0.0312. The first kappa shape index (κ1) is 13.0. The maximum Gasteiger partial charge on any atom is 0.311 e. The van der Waals surface area contributed by atoms with E-state index in [2.05, 4.69) is 9.72 Å². The van der Waals surface area contributed by atoms with E-state index in [4.69, 9.17) is 5.26 Å². The number of esters is 1. The summed E-state index contributed by atoms with van der Waals surface area (Å²) in [5, 5.41) is 8.81. The molecule has 6 heteroatoms. The van der Waals surface area contributed by atoms with Crippen LogP contribution in [0.5, 0.6) is 0 Å². The highest BCUT2D eigenvalue weighted by Gasteiger charge is 2.17. The van der Waals surface area contributed by atoms with Gasteiger partial charge in [0.15, 0.2) is 0 Å². The number of methoxy groups -OCH3 is 1. The average Bonchev–Trinajstić information content (AvgIpc) is 2.28. The quantitative estimate of drug-likeness (QED) is 0.757. The van der Waals surface area contributed by atoms with E-state index in [1.54, 1.807) is 6.07 Å². The van der Waals surface area contributed by atoms with Crippen molar-refractivity contribution in [3.05, 3.63) is 28.6 Å². The number of carbonyl (C=O) groups excluding carboxylic acids is 1. The normalized spacial score (nSPS) is 10.1. The lowest BCUT2D eigenvalue weighted by atomic mass is 10.1. The van der Waals surface area contributed by atoms with E-state index in [9.17, 15) is 13.6 Å². The van der Waals surface area contributed by atoms with Crippen LogP contribution >= 0.6 is 0 Å². The number of nitrogens with zero attached hydrogens (tertiary/aromatic N) is 2. The van der Waals surface area contributed by atoms with Gasteiger partial charge in [0.05, 0.1) is 24.8 Å². The number of alkyl halides is 2. The molecule has 1 rings (SSSR count). The summed E-state index contributed by atoms with van der Waals surface area (Å²) in [6.07, 6.45) is -2.90. The van der Waals surface area contributed by atoms with Gasteiger partial charge in [0.25, 0.3) is 6.43 Å². The average molecular weight is 240 g/mol. The molecule has 0 unspecified atom stereocenters. The molecule has 0 amide bonds. The fourth-order valence-corrected chi connectivity index (χ4v) is 1.33. The molecule has 0 saturated carbocycles. The van der Waals surface area contributed by atoms with Crippen LogP contribution in [0, 0.1) is 18.3 Å². The second-order valence-electron chi connectivity index (χ2n) is 3.32. The smallest absolute Gasteiger partial charge is 0.311 e. The van der Waals surface area contributed by atoms with Crippen LogP contribution < -0.4 is 0 Å². The molecule has 0 saturated heterocycles. The first-order valence-electron chi connectivity index (χ1n) is 4.75. The molecule has 0 fully saturated rings. The fraction of sp³-hybridized carbons (Fsp3) is 0.364. The molecule has 4 nitrogen and oxygen atoms in total. The largest absolute Gasteiger partial charge is 0.469 e. The molecule has 0 aromatic carbocycles. The highest BCUT2D eigenvalue weighted by atomic mass is 19.3. The lowest BCUT2D eigenvalue weighted by molar-refractivity contribution is -0.139. The number of hydrogen-bond acceptors (Lipinski definition) is 4. The Morgan fingerprint density at radius 1 is 1.65 bits per heavy atom. The number of ether oxygens (including phenoxy) is 1. The molecule has 0 aliphatic heterocycles. The first-order chi connectivity index (χ1) is 7.99. The molecule has 0 N–H and O–H groups in total. The van der Waals surface area contributed by atoms with Crippen molar-refractivity contribution in [1.29, 1.82) is 5.26 Å². The van der Waals surface area contributed by atoms with Gasteiger partial charge in [-0.15, -0.1) is 0 Å². The number of rotatable bonds is 3. The summed E-state index contributed by atoms with van der Waals surface area (Å²) in [6, 6.07) is 2.80. The Hall–Kier alpha value is -2.03. The molecule has 0 bridgehead atoms. The van der Waals surface area contributed by atoms with Gasteiger partial charge < -0.3 is 4.74 Å². The van der Waals surface area contributed by atoms with E-state index in [0.717, 1.165) is 6.07 Å². The Labute approximate surface area is 96.8 Å². The van der Waals surface area contributed by atoms with Crippen molar-refractivity contribution < 1.29 is 18.3 Å². The molecule has 0 atom stereocenters. The maximum atomic E-state index is 12.6. The van der Waals surface area contributed by atoms with Gasteiger partial charge in [-0.25, -0.2) is 8.78 Å². The van der Waals surface area contributed by atoms with Gasteiger partial charge in [0, 0.05) is 11.3 Å². The molecule has 0 aliphatic rings. The third-order valence-corrected chi connectivity index (χ3v) is 2.23. The predicted octanol–water partition coefficient (Wildman–Crippen LogP) is 1.91. The Kier molecular flexibility index (Phi) is 4.10. The highest BCUT2D eigenvalue weighted by molar-refractivity contribution is 5.72. The second kappa shape index (κ2) is 5.34. The highest BCUT2D eigenvalue weighted by Crippen LogP contribution is 2.23. The number of halogens is 2. The second-order valence-corrected chi connectivity index (χ2v) is 3.32. The van der Waals surface area contributed by atoms with E-state index in [0.29, 0.717) is 0 Å². The SMILES string of the molecule is COC(=O)Cc1nc(C)c(C(F)F)cc1C#N. The molecular formula is C11H10F2N2O2. The molecular weight excluding hydrogens is 230 g/mol. The van der Waals surface area contributed by atoms with Gasteiger partial charge in [-0.1, -0.05) is 0 Å². The fourth-order valence-electron chi connectivity index (χ4n) is 1.33. The molecule has 90 valence electrons. The topological polar surface area (TPSA) is 63.0 Å². The van der Waals surface area contributed by atoms with Crippen molar-refractivity contribution in [2.24, 2.45) is 0 Å². The van der Waals surface area contributed by atoms with Gasteiger partial charge in [-0.2, -0.15) is 5.26 Å². The monoisotopic (exact) mass is 240 g/mol. The molecule has 1 aromatic heterocycles. The lowest BCUT2D eigenvalue weighted by Gasteiger charge is -2.08. The van der Waals surface area contributed by atoms with Crippen LogP contribution in [-0.2, 0) is 16.0 Å². The van der Waals surface area contributed by atoms with Crippen LogP contribution in [0.2, 0.25) is 0 Å². The number of pyridine rings is 1. The van der Waals surface area contributed by atoms with Gasteiger partial charge in [0.2, 0.25) is 0 Å². The van der Waals surface area contributed by atoms with Crippen LogP contribution in [-0.4, -0.2) is 18.1 Å². The number of aryl methyl sites for hydroxylation is 1. The van der Waals surface area contributed by atoms with Gasteiger partial charge in [-0.3, -0.25) is 9.78 Å². The minimum Gasteiger partial charge on any atom is -0.469 e. The summed E-state index contributed by atoms with van der Waals surface area (Å²) in [6.45, 7) is 1.41. The van der Waals surface area contributed by atoms with Crippen molar-refractivity contribution in [2.45, 2.75) is 19.8 Å². The zero-order chi connectivity index (χ0) is 13.0. The number of nitriles is 1. The zero-order valence-corrected chi connectivity index (χ0v) is 9.33. The summed E-state index contributed by atoms with van der Waals surface area (Å²) in [5.41, 5.74) is -0.0642. The third kappa shape index (κ3) is 2.97. The van der Waals surface area contributed by atoms with E-state index in [1.807, 2.05) is 0 Å². The maximum absolute atomic E-state index is 12.6. The molecule has 1 aromatic rings. The van der Waals surface area contributed by atoms with Crippen molar-refractivity contribution >= 4 is 5.97 Å². The van der Waals surface area contributed by atoms with Crippen molar-refractivity contribution in [3.8, 4) is 6.07 Å². The van der Waals surface area contributed by atoms with Gasteiger partial charge >= 0.3 is 5.97 Å². The summed E-state index contributed by atoms with van der Waals surface area (Å²) >= 11 is 0. The number of aromatic nitrogens is 1. The van der Waals surface area contributed by atoms with Crippen molar-refractivity contribution in [3.63, 3.8) is 0 Å². The van der Waals surface area contributed by atoms with Gasteiger partial charge in [-0.05, 0) is 13.0 Å². The standard InChI is InChI=1S/C11H10F2N2O2/c1-6-8(11(12)13)3-7(5-14)9(15-6)4-10(16)17-2/h3,11H,4H2,1-2H3. The molecule has 0 spiro atoms. The third-order valence-electron chi connectivity index (χ3n) is 2.23. The van der Waals surface area contributed by atoms with Gasteiger partial charge in [0.1, 0.15) is 6.07 Å². The van der Waals surface area contributed by atoms with Crippen LogP contribution in [0.1, 0.15) is 28.9 Å². The van der Waals surface area contributed by atoms with E-state index in [-0.39, 0.29) is 28.9 Å². The van der Waals surface area contributed by atoms with E-state index in [1.165, 1.54) is 14.0 Å². The van der Waals surface area contributed by atoms with Crippen molar-refractivity contribution in [2.75, 3.05) is 7.11 Å². The summed E-state index contributed by atoms with van der Waals surface area (Å²) < 4.78 is 29.6. The lowest BCUT2D eigenvalue weighted by Crippen LogP contribution is -2.10. The Morgan fingerprint density at radius 2 is 2.29 bits per heavy atom. The van der Waals surface area contributed by atoms with E-state index < -0.39 is 12.4 Å². The molecule has 0 radical (unpaired) electrons. The predicted molar refractivity (Wildman–Crippen MR) is 54.4 cm³/mol. The molecule has 1 heterocycles. The van der Waals surface area contributed by atoms with Crippen LogP contribution in [0.25, 0.3) is 0 Å². The minimum atomic E-state index is -2.69. The van der Waals surface area contributed by atoms with E-state index >= 15 is 0 Å². The van der Waals surface area contributed by atoms with Crippen LogP contribution in [0.4, 0.5) is 8.78 Å². The molecule has 17 heavy (non-hydrogen) atoms. The summed E-state index contributed by atoms with van der Waals surface area (Å²) in [4.78, 5) is 14.9. The Balaban J connectivity index is 3.20. The number of hydrogen-bond donors (Lipinski definition) is 0. The van der Waals surface area contributed by atoms with Crippen LogP contribution in [0.15, 0.2) is 6.07 Å². The molecule has 0 aliphatic carbocycles. The zero-order valence-electron chi connectivity index (χ0n) is 9.33. The Bertz CT molecular complexity index is 481. The van der Waals surface area contributed by atoms with Crippen molar-refractivity contribution in [1.82, 2.24) is 4.98 Å². The summed E-state index contributed by atoms with van der Waals surface area (Å²) in [5.74, 6) is -0.571. The van der Waals surface area contributed by atoms with Crippen LogP contribution in [0.3, 0.4) is 0 Å². The first-order valence-corrected chi connectivity index (χ1v) is 4.75.